The van der Waals surface area contributed by atoms with Crippen LogP contribution in [0.15, 0.2) is 18.2 Å². The molecule has 0 saturated heterocycles. The lowest BCUT2D eigenvalue weighted by Crippen LogP contribution is -2.24. The van der Waals surface area contributed by atoms with Gasteiger partial charge in [0.05, 0.1) is 6.10 Å². The van der Waals surface area contributed by atoms with Gasteiger partial charge in [-0.2, -0.15) is 0 Å². The van der Waals surface area contributed by atoms with Gasteiger partial charge in [-0.1, -0.05) is 6.07 Å². The summed E-state index contributed by atoms with van der Waals surface area (Å²) in [5.41, 5.74) is 1.05. The van der Waals surface area contributed by atoms with Crippen LogP contribution in [-0.2, 0) is 0 Å². The number of hydrogen-bond acceptors (Lipinski definition) is 2. The molecule has 0 radical (unpaired) electrons. The molecule has 0 atom stereocenters. The second kappa shape index (κ2) is 3.29. The molecule has 2 nitrogen and oxygen atoms in total. The predicted molar refractivity (Wildman–Crippen MR) is 51.1 cm³/mol. The first kappa shape index (κ1) is 8.42. The molecule has 1 aromatic rings. The number of ether oxygens (including phenoxy) is 1. The normalized spacial score (nSPS) is 16.7. The average molecular weight is 178 g/mol. The molecule has 0 bridgehead atoms. The van der Waals surface area contributed by atoms with E-state index in [0.717, 1.165) is 18.4 Å². The zero-order valence-electron chi connectivity index (χ0n) is 7.79. The third kappa shape index (κ3) is 1.77. The van der Waals surface area contributed by atoms with Crippen LogP contribution >= 0.6 is 0 Å². The number of aryl methyl sites for hydroxylation is 1. The van der Waals surface area contributed by atoms with E-state index in [0.29, 0.717) is 11.9 Å². The Bertz CT molecular complexity index is 303. The van der Waals surface area contributed by atoms with Gasteiger partial charge in [0.25, 0.3) is 0 Å². The van der Waals surface area contributed by atoms with Crippen LogP contribution in [0.5, 0.6) is 11.5 Å². The zero-order chi connectivity index (χ0) is 9.26. The lowest BCUT2D eigenvalue weighted by atomic mass is 9.96. The van der Waals surface area contributed by atoms with E-state index in [4.69, 9.17) is 4.74 Å². The fourth-order valence-corrected chi connectivity index (χ4v) is 1.40. The van der Waals surface area contributed by atoms with Gasteiger partial charge in [-0.05, 0) is 43.9 Å². The van der Waals surface area contributed by atoms with Crippen LogP contribution in [0.1, 0.15) is 24.8 Å². The van der Waals surface area contributed by atoms with Gasteiger partial charge in [0.2, 0.25) is 0 Å². The van der Waals surface area contributed by atoms with E-state index in [2.05, 4.69) is 0 Å². The van der Waals surface area contributed by atoms with Crippen molar-refractivity contribution in [2.24, 2.45) is 0 Å². The molecule has 1 N–H and O–H groups in total. The molecule has 2 rings (SSSR count). The monoisotopic (exact) mass is 178 g/mol. The van der Waals surface area contributed by atoms with Crippen molar-refractivity contribution in [3.05, 3.63) is 23.8 Å². The maximum absolute atomic E-state index is 9.53. The highest BCUT2D eigenvalue weighted by atomic mass is 16.5. The number of hydrogen-bond donors (Lipinski definition) is 1. The first-order chi connectivity index (χ1) is 6.25. The Morgan fingerprint density at radius 2 is 2.15 bits per heavy atom. The molecular weight excluding hydrogens is 164 g/mol. The summed E-state index contributed by atoms with van der Waals surface area (Å²) in [6, 6.07) is 5.52. The number of rotatable bonds is 2. The summed E-state index contributed by atoms with van der Waals surface area (Å²) >= 11 is 0. The van der Waals surface area contributed by atoms with Crippen LogP contribution < -0.4 is 4.74 Å². The Morgan fingerprint density at radius 1 is 1.38 bits per heavy atom. The minimum absolute atomic E-state index is 0.256. The topological polar surface area (TPSA) is 29.5 Å². The molecule has 0 amide bonds. The van der Waals surface area contributed by atoms with E-state index < -0.39 is 0 Å². The van der Waals surface area contributed by atoms with Gasteiger partial charge in [-0.25, -0.2) is 0 Å². The summed E-state index contributed by atoms with van der Waals surface area (Å²) in [4.78, 5) is 0. The van der Waals surface area contributed by atoms with Crippen molar-refractivity contribution in [3.8, 4) is 11.5 Å². The Kier molecular flexibility index (Phi) is 2.13. The number of aromatic hydroxyl groups is 1. The third-order valence-corrected chi connectivity index (χ3v) is 2.46. The lowest BCUT2D eigenvalue weighted by molar-refractivity contribution is 0.116. The molecule has 0 aromatic heterocycles. The summed E-state index contributed by atoms with van der Waals surface area (Å²) in [5.74, 6) is 0.877. The molecule has 1 fully saturated rings. The molecule has 2 heteroatoms. The minimum Gasteiger partial charge on any atom is -0.504 e. The minimum atomic E-state index is 0.256. The van der Waals surface area contributed by atoms with Crippen LogP contribution in [0.3, 0.4) is 0 Å². The molecule has 1 saturated carbocycles. The number of phenols is 1. The van der Waals surface area contributed by atoms with Gasteiger partial charge >= 0.3 is 0 Å². The van der Waals surface area contributed by atoms with Crippen molar-refractivity contribution < 1.29 is 9.84 Å². The molecule has 13 heavy (non-hydrogen) atoms. The quantitative estimate of drug-likeness (QED) is 0.754. The lowest BCUT2D eigenvalue weighted by Gasteiger charge is -2.26. The summed E-state index contributed by atoms with van der Waals surface area (Å²) in [7, 11) is 0. The van der Waals surface area contributed by atoms with E-state index in [9.17, 15) is 5.11 Å². The van der Waals surface area contributed by atoms with Crippen LogP contribution in [0.25, 0.3) is 0 Å². The van der Waals surface area contributed by atoms with Crippen molar-refractivity contribution in [1.29, 1.82) is 0 Å². The Hall–Kier alpha value is -1.18. The number of benzene rings is 1. The summed E-state index contributed by atoms with van der Waals surface area (Å²) in [6.45, 7) is 1.95. The fourth-order valence-electron chi connectivity index (χ4n) is 1.40. The van der Waals surface area contributed by atoms with Crippen molar-refractivity contribution in [2.45, 2.75) is 32.3 Å². The largest absolute Gasteiger partial charge is 0.504 e. The van der Waals surface area contributed by atoms with E-state index in [-0.39, 0.29) is 5.75 Å². The van der Waals surface area contributed by atoms with E-state index in [1.54, 1.807) is 6.07 Å². The van der Waals surface area contributed by atoms with Gasteiger partial charge in [0.15, 0.2) is 11.5 Å². The standard InChI is InChI=1S/C11H14O2/c1-8-5-6-11(10(12)7-8)13-9-3-2-4-9/h5-7,9,12H,2-4H2,1H3. The number of phenolic OH excluding ortho intramolecular Hbond substituents is 1. The van der Waals surface area contributed by atoms with Crippen molar-refractivity contribution in [2.75, 3.05) is 0 Å². The highest BCUT2D eigenvalue weighted by Crippen LogP contribution is 2.31. The fraction of sp³-hybridized carbons (Fsp3) is 0.455. The third-order valence-electron chi connectivity index (χ3n) is 2.46. The van der Waals surface area contributed by atoms with Crippen molar-refractivity contribution in [1.82, 2.24) is 0 Å². The smallest absolute Gasteiger partial charge is 0.161 e. The summed E-state index contributed by atoms with van der Waals surface area (Å²) in [5, 5.41) is 9.53. The van der Waals surface area contributed by atoms with Crippen LogP contribution in [0, 0.1) is 6.92 Å². The van der Waals surface area contributed by atoms with Crippen molar-refractivity contribution >= 4 is 0 Å². The van der Waals surface area contributed by atoms with Gasteiger partial charge in [-0.15, -0.1) is 0 Å². The van der Waals surface area contributed by atoms with E-state index >= 15 is 0 Å². The molecule has 0 spiro atoms. The Balaban J connectivity index is 2.10. The predicted octanol–water partition coefficient (Wildman–Crippen LogP) is 2.63. The molecule has 0 aliphatic heterocycles. The molecule has 0 heterocycles. The maximum Gasteiger partial charge on any atom is 0.161 e. The second-order valence-electron chi connectivity index (χ2n) is 3.64. The molecule has 1 aliphatic carbocycles. The van der Waals surface area contributed by atoms with Crippen LogP contribution in [0.2, 0.25) is 0 Å². The zero-order valence-corrected chi connectivity index (χ0v) is 7.79. The second-order valence-corrected chi connectivity index (χ2v) is 3.64. The van der Waals surface area contributed by atoms with Gasteiger partial charge in [0, 0.05) is 0 Å². The first-order valence-corrected chi connectivity index (χ1v) is 4.72. The van der Waals surface area contributed by atoms with Gasteiger partial charge in [-0.3, -0.25) is 0 Å². The highest BCUT2D eigenvalue weighted by molar-refractivity contribution is 5.41. The summed E-state index contributed by atoms with van der Waals surface area (Å²) < 4.78 is 5.59. The van der Waals surface area contributed by atoms with Crippen LogP contribution in [0.4, 0.5) is 0 Å². The molecule has 1 aromatic carbocycles. The Morgan fingerprint density at radius 3 is 2.69 bits per heavy atom. The summed E-state index contributed by atoms with van der Waals surface area (Å²) in [6.07, 6.45) is 3.81. The van der Waals surface area contributed by atoms with Crippen LogP contribution in [-0.4, -0.2) is 11.2 Å². The highest BCUT2D eigenvalue weighted by Gasteiger charge is 2.20. The van der Waals surface area contributed by atoms with Gasteiger partial charge < -0.3 is 9.84 Å². The molecule has 1 aliphatic rings. The SMILES string of the molecule is Cc1ccc(OC2CCC2)c(O)c1. The molecule has 0 unspecified atom stereocenters. The van der Waals surface area contributed by atoms with E-state index in [1.807, 2.05) is 19.1 Å². The van der Waals surface area contributed by atoms with Gasteiger partial charge in [0.1, 0.15) is 0 Å². The van der Waals surface area contributed by atoms with Crippen molar-refractivity contribution in [3.63, 3.8) is 0 Å². The average Bonchev–Trinajstić information content (AvgIpc) is 1.99. The Labute approximate surface area is 78.2 Å². The molecule has 70 valence electrons. The first-order valence-electron chi connectivity index (χ1n) is 4.72. The van der Waals surface area contributed by atoms with E-state index in [1.165, 1.54) is 6.42 Å². The maximum atomic E-state index is 9.53. The molecular formula is C11H14O2.